The molecule has 0 aliphatic carbocycles. The van der Waals surface area contributed by atoms with E-state index in [0.29, 0.717) is 12.1 Å². The predicted molar refractivity (Wildman–Crippen MR) is 53.7 cm³/mol. The van der Waals surface area contributed by atoms with E-state index in [4.69, 9.17) is 10.4 Å². The van der Waals surface area contributed by atoms with Gasteiger partial charge in [0, 0.05) is 12.6 Å². The van der Waals surface area contributed by atoms with Crippen molar-refractivity contribution in [2.45, 2.75) is 19.4 Å². The Morgan fingerprint density at radius 2 is 2.43 bits per heavy atom. The fraction of sp³-hybridized carbons (Fsp3) is 0.400. The van der Waals surface area contributed by atoms with Crippen LogP contribution < -0.4 is 5.32 Å². The summed E-state index contributed by atoms with van der Waals surface area (Å²) in [6.07, 6.45) is 2.31. The van der Waals surface area contributed by atoms with Gasteiger partial charge in [0.05, 0.1) is 11.9 Å². The smallest absolute Gasteiger partial charge is 0.140 e. The van der Waals surface area contributed by atoms with Gasteiger partial charge in [0.15, 0.2) is 0 Å². The molecule has 0 amide bonds. The van der Waals surface area contributed by atoms with E-state index in [9.17, 15) is 0 Å². The van der Waals surface area contributed by atoms with Gasteiger partial charge in [-0.3, -0.25) is 0 Å². The summed E-state index contributed by atoms with van der Waals surface area (Å²) in [5, 5.41) is 20.4. The molecule has 0 radical (unpaired) electrons. The quantitative estimate of drug-likeness (QED) is 0.748. The molecule has 4 heteroatoms. The molecule has 1 atom stereocenters. The lowest BCUT2D eigenvalue weighted by molar-refractivity contribution is 0.282. The highest BCUT2D eigenvalue weighted by molar-refractivity contribution is 5.43. The lowest BCUT2D eigenvalue weighted by Gasteiger charge is -2.12. The number of nitriles is 1. The average Bonchev–Trinajstić information content (AvgIpc) is 2.19. The Kier molecular flexibility index (Phi) is 3.89. The van der Waals surface area contributed by atoms with Crippen LogP contribution in [0.4, 0.5) is 5.69 Å². The highest BCUT2D eigenvalue weighted by Crippen LogP contribution is 2.08. The maximum atomic E-state index is 8.70. The van der Waals surface area contributed by atoms with Crippen LogP contribution in [0.25, 0.3) is 0 Å². The first-order valence-electron chi connectivity index (χ1n) is 4.50. The normalized spacial score (nSPS) is 11.8. The molecule has 0 aliphatic rings. The molecule has 0 aromatic carbocycles. The molecule has 0 bridgehead atoms. The minimum atomic E-state index is 0.165. The van der Waals surface area contributed by atoms with Crippen molar-refractivity contribution in [2.24, 2.45) is 0 Å². The lowest BCUT2D eigenvalue weighted by Crippen LogP contribution is -2.16. The van der Waals surface area contributed by atoms with Crippen LogP contribution in [0.5, 0.6) is 0 Å². The SMILES string of the molecule is CC(CCO)Nc1ccc(C#N)nc1. The van der Waals surface area contributed by atoms with Crippen molar-refractivity contribution in [2.75, 3.05) is 11.9 Å². The van der Waals surface area contributed by atoms with Gasteiger partial charge in [-0.15, -0.1) is 0 Å². The molecule has 0 fully saturated rings. The Labute approximate surface area is 83.2 Å². The first-order chi connectivity index (χ1) is 6.76. The first-order valence-corrected chi connectivity index (χ1v) is 4.50. The van der Waals surface area contributed by atoms with Crippen LogP contribution in [-0.4, -0.2) is 22.7 Å². The van der Waals surface area contributed by atoms with Gasteiger partial charge in [0.25, 0.3) is 0 Å². The van der Waals surface area contributed by atoms with Crippen molar-refractivity contribution in [1.29, 1.82) is 5.26 Å². The van der Waals surface area contributed by atoms with E-state index < -0.39 is 0 Å². The third-order valence-electron chi connectivity index (χ3n) is 1.85. The van der Waals surface area contributed by atoms with E-state index in [0.717, 1.165) is 5.69 Å². The van der Waals surface area contributed by atoms with Gasteiger partial charge >= 0.3 is 0 Å². The molecule has 0 spiro atoms. The van der Waals surface area contributed by atoms with Gasteiger partial charge in [0.2, 0.25) is 0 Å². The monoisotopic (exact) mass is 191 g/mol. The molecule has 0 saturated carbocycles. The lowest BCUT2D eigenvalue weighted by atomic mass is 10.2. The third kappa shape index (κ3) is 3.04. The number of hydrogen-bond donors (Lipinski definition) is 2. The maximum absolute atomic E-state index is 8.70. The number of hydrogen-bond acceptors (Lipinski definition) is 4. The van der Waals surface area contributed by atoms with E-state index in [1.54, 1.807) is 18.3 Å². The van der Waals surface area contributed by atoms with Crippen molar-refractivity contribution in [3.8, 4) is 6.07 Å². The van der Waals surface area contributed by atoms with Crippen LogP contribution in [0.3, 0.4) is 0 Å². The van der Waals surface area contributed by atoms with Gasteiger partial charge in [-0.25, -0.2) is 4.98 Å². The highest BCUT2D eigenvalue weighted by Gasteiger charge is 2.00. The number of pyridine rings is 1. The van der Waals surface area contributed by atoms with Crippen molar-refractivity contribution in [3.63, 3.8) is 0 Å². The Hall–Kier alpha value is -1.60. The summed E-state index contributed by atoms with van der Waals surface area (Å²) in [7, 11) is 0. The van der Waals surface area contributed by atoms with Crippen molar-refractivity contribution >= 4 is 5.69 Å². The molecule has 0 aliphatic heterocycles. The van der Waals surface area contributed by atoms with Gasteiger partial charge in [-0.1, -0.05) is 0 Å². The van der Waals surface area contributed by atoms with Gasteiger partial charge in [0.1, 0.15) is 11.8 Å². The zero-order valence-electron chi connectivity index (χ0n) is 8.07. The van der Waals surface area contributed by atoms with Gasteiger partial charge in [-0.2, -0.15) is 5.26 Å². The molecule has 4 nitrogen and oxygen atoms in total. The number of aliphatic hydroxyl groups is 1. The Balaban J connectivity index is 2.56. The second-order valence-electron chi connectivity index (χ2n) is 3.10. The summed E-state index contributed by atoms with van der Waals surface area (Å²) in [5.74, 6) is 0. The van der Waals surface area contributed by atoms with E-state index in [1.165, 1.54) is 0 Å². The molecule has 74 valence electrons. The Bertz CT molecular complexity index is 315. The van der Waals surface area contributed by atoms with Crippen LogP contribution >= 0.6 is 0 Å². The Morgan fingerprint density at radius 1 is 1.64 bits per heavy atom. The number of rotatable bonds is 4. The maximum Gasteiger partial charge on any atom is 0.140 e. The van der Waals surface area contributed by atoms with Gasteiger partial charge < -0.3 is 10.4 Å². The van der Waals surface area contributed by atoms with Crippen molar-refractivity contribution < 1.29 is 5.11 Å². The summed E-state index contributed by atoms with van der Waals surface area (Å²) in [6.45, 7) is 2.15. The van der Waals surface area contributed by atoms with Crippen LogP contribution in [-0.2, 0) is 0 Å². The van der Waals surface area contributed by atoms with E-state index >= 15 is 0 Å². The van der Waals surface area contributed by atoms with Gasteiger partial charge in [-0.05, 0) is 25.5 Å². The highest BCUT2D eigenvalue weighted by atomic mass is 16.3. The number of aromatic nitrogens is 1. The van der Waals surface area contributed by atoms with Crippen molar-refractivity contribution in [3.05, 3.63) is 24.0 Å². The number of nitrogens with one attached hydrogen (secondary N) is 1. The predicted octanol–water partition coefficient (Wildman–Crippen LogP) is 1.14. The van der Waals surface area contributed by atoms with Crippen molar-refractivity contribution in [1.82, 2.24) is 4.98 Å². The fourth-order valence-corrected chi connectivity index (χ4v) is 1.10. The summed E-state index contributed by atoms with van der Waals surface area (Å²) in [4.78, 5) is 3.92. The summed E-state index contributed by atoms with van der Waals surface area (Å²) < 4.78 is 0. The zero-order valence-corrected chi connectivity index (χ0v) is 8.07. The third-order valence-corrected chi connectivity index (χ3v) is 1.85. The van der Waals surface area contributed by atoms with E-state index in [2.05, 4.69) is 10.3 Å². The molecule has 1 rings (SSSR count). The molecule has 1 aromatic rings. The van der Waals surface area contributed by atoms with E-state index in [-0.39, 0.29) is 12.6 Å². The molecular weight excluding hydrogens is 178 g/mol. The number of aliphatic hydroxyl groups excluding tert-OH is 1. The summed E-state index contributed by atoms with van der Waals surface area (Å²) in [6, 6.07) is 5.62. The van der Waals surface area contributed by atoms with Crippen LogP contribution in [0.1, 0.15) is 19.0 Å². The second-order valence-corrected chi connectivity index (χ2v) is 3.10. The minimum absolute atomic E-state index is 0.165. The minimum Gasteiger partial charge on any atom is -0.396 e. The summed E-state index contributed by atoms with van der Waals surface area (Å²) in [5.41, 5.74) is 1.27. The fourth-order valence-electron chi connectivity index (χ4n) is 1.10. The number of nitrogens with zero attached hydrogens (tertiary/aromatic N) is 2. The average molecular weight is 191 g/mol. The topological polar surface area (TPSA) is 68.9 Å². The molecule has 0 saturated heterocycles. The second kappa shape index (κ2) is 5.20. The van der Waals surface area contributed by atoms with Crippen LogP contribution in [0.15, 0.2) is 18.3 Å². The summed E-state index contributed by atoms with van der Waals surface area (Å²) >= 11 is 0. The molecule has 14 heavy (non-hydrogen) atoms. The molecule has 1 unspecified atom stereocenters. The standard InChI is InChI=1S/C10H13N3O/c1-8(4-5-14)13-10-3-2-9(6-11)12-7-10/h2-3,7-8,13-14H,4-5H2,1H3. The van der Waals surface area contributed by atoms with E-state index in [1.807, 2.05) is 13.0 Å². The zero-order chi connectivity index (χ0) is 10.4. The largest absolute Gasteiger partial charge is 0.396 e. The Morgan fingerprint density at radius 3 is 2.93 bits per heavy atom. The molecular formula is C10H13N3O. The number of anilines is 1. The molecule has 2 N–H and O–H groups in total. The molecule has 1 aromatic heterocycles. The van der Waals surface area contributed by atoms with Crippen LogP contribution in [0.2, 0.25) is 0 Å². The first kappa shape index (κ1) is 10.5. The van der Waals surface area contributed by atoms with Crippen LogP contribution in [0, 0.1) is 11.3 Å². The molecule has 1 heterocycles.